The summed E-state index contributed by atoms with van der Waals surface area (Å²) in [4.78, 5) is 0. The van der Waals surface area contributed by atoms with Gasteiger partial charge in [0.1, 0.15) is 5.82 Å². The molecule has 2 aromatic rings. The average molecular weight is 390 g/mol. The monoisotopic (exact) mass is 389 g/mol. The number of hydrogen-bond donors (Lipinski definition) is 1. The highest BCUT2D eigenvalue weighted by molar-refractivity contribution is 8.13. The molecule has 0 fully saturated rings. The summed E-state index contributed by atoms with van der Waals surface area (Å²) in [5.74, 6) is -0.618. The van der Waals surface area contributed by atoms with Crippen molar-refractivity contribution in [2.75, 3.05) is 0 Å². The lowest BCUT2D eigenvalue weighted by Gasteiger charge is -2.10. The van der Waals surface area contributed by atoms with Crippen LogP contribution in [0.3, 0.4) is 0 Å². The molecule has 0 amide bonds. The van der Waals surface area contributed by atoms with Crippen molar-refractivity contribution in [3.05, 3.63) is 70.0 Å². The second-order valence-electron chi connectivity index (χ2n) is 4.82. The van der Waals surface area contributed by atoms with Crippen LogP contribution in [-0.4, -0.2) is 11.4 Å². The fourth-order valence-corrected chi connectivity index (χ4v) is 2.63. The Balaban J connectivity index is 2.07. The van der Waals surface area contributed by atoms with Gasteiger partial charge in [-0.05, 0) is 23.3 Å². The number of amidine groups is 1. The van der Waals surface area contributed by atoms with Gasteiger partial charge >= 0.3 is 6.18 Å². The van der Waals surface area contributed by atoms with E-state index >= 15 is 0 Å². The first-order valence-electron chi connectivity index (χ1n) is 6.87. The van der Waals surface area contributed by atoms with E-state index in [1.54, 1.807) is 0 Å². The molecule has 132 valence electrons. The number of rotatable bonds is 4. The van der Waals surface area contributed by atoms with Gasteiger partial charge < -0.3 is 5.73 Å². The lowest BCUT2D eigenvalue weighted by molar-refractivity contribution is -0.137. The fourth-order valence-electron chi connectivity index (χ4n) is 1.80. The Morgan fingerprint density at radius 3 is 2.52 bits per heavy atom. The average Bonchev–Trinajstić information content (AvgIpc) is 2.56. The third kappa shape index (κ3) is 5.75. The van der Waals surface area contributed by atoms with E-state index in [9.17, 15) is 17.6 Å². The molecular formula is C16H12ClF4N3S. The maximum Gasteiger partial charge on any atom is 0.417 e. The van der Waals surface area contributed by atoms with E-state index in [0.717, 1.165) is 17.8 Å². The van der Waals surface area contributed by atoms with Crippen molar-refractivity contribution in [1.29, 1.82) is 0 Å². The van der Waals surface area contributed by atoms with Gasteiger partial charge in [0.05, 0.1) is 16.8 Å². The van der Waals surface area contributed by atoms with E-state index in [1.807, 2.05) is 30.3 Å². The quantitative estimate of drug-likeness (QED) is 0.343. The number of alkyl halides is 3. The molecule has 0 saturated carbocycles. The summed E-state index contributed by atoms with van der Waals surface area (Å²) in [6.45, 7) is 0. The lowest BCUT2D eigenvalue weighted by Crippen LogP contribution is -2.08. The first kappa shape index (κ1) is 19.3. The summed E-state index contributed by atoms with van der Waals surface area (Å²) in [5, 5.41) is 6.41. The Hall–Kier alpha value is -2.06. The molecule has 0 aromatic heterocycles. The van der Waals surface area contributed by atoms with Gasteiger partial charge in [0, 0.05) is 5.75 Å². The summed E-state index contributed by atoms with van der Waals surface area (Å²) in [6, 6.07) is 11.0. The zero-order chi connectivity index (χ0) is 18.4. The zero-order valence-electron chi connectivity index (χ0n) is 12.6. The maximum absolute atomic E-state index is 13.5. The molecule has 0 atom stereocenters. The van der Waals surface area contributed by atoms with E-state index in [4.69, 9.17) is 17.3 Å². The Bertz CT molecular complexity index is 792. The SMILES string of the molecule is NC(=NN=Cc1cc(F)c(Cl)c(C(F)(F)F)c1)SCc1ccccc1. The lowest BCUT2D eigenvalue weighted by atomic mass is 10.1. The van der Waals surface area contributed by atoms with Gasteiger partial charge in [-0.3, -0.25) is 0 Å². The molecule has 2 N–H and O–H groups in total. The minimum absolute atomic E-state index is 0.126. The molecule has 2 aromatic carbocycles. The number of thioether (sulfide) groups is 1. The summed E-state index contributed by atoms with van der Waals surface area (Å²) in [6.07, 6.45) is -3.79. The first-order chi connectivity index (χ1) is 11.8. The largest absolute Gasteiger partial charge is 0.417 e. The topological polar surface area (TPSA) is 50.7 Å². The van der Waals surface area contributed by atoms with Gasteiger partial charge in [-0.25, -0.2) is 4.39 Å². The van der Waals surface area contributed by atoms with E-state index in [-0.39, 0.29) is 10.7 Å². The fraction of sp³-hybridized carbons (Fsp3) is 0.125. The molecule has 25 heavy (non-hydrogen) atoms. The molecule has 2 rings (SSSR count). The van der Waals surface area contributed by atoms with Gasteiger partial charge in [-0.15, -0.1) is 5.10 Å². The number of benzene rings is 2. The van der Waals surface area contributed by atoms with E-state index in [1.165, 1.54) is 11.8 Å². The minimum Gasteiger partial charge on any atom is -0.377 e. The standard InChI is InChI=1S/C16H12ClF4N3S/c17-14-12(16(19,20)21)6-11(7-13(14)18)8-23-24-15(22)25-9-10-4-2-1-3-5-10/h1-8H,9H2,(H2,22,24). The molecule has 3 nitrogen and oxygen atoms in total. The van der Waals surface area contributed by atoms with Crippen LogP contribution in [0.4, 0.5) is 17.6 Å². The van der Waals surface area contributed by atoms with Crippen molar-refractivity contribution in [2.24, 2.45) is 15.9 Å². The second kappa shape index (κ2) is 8.35. The van der Waals surface area contributed by atoms with Gasteiger partial charge in [-0.1, -0.05) is 53.7 Å². The van der Waals surface area contributed by atoms with Crippen molar-refractivity contribution in [1.82, 2.24) is 0 Å². The second-order valence-corrected chi connectivity index (χ2v) is 6.19. The number of hydrogen-bond acceptors (Lipinski definition) is 3. The van der Waals surface area contributed by atoms with Gasteiger partial charge in [0.25, 0.3) is 0 Å². The summed E-state index contributed by atoms with van der Waals surface area (Å²) in [5.41, 5.74) is 5.30. The molecule has 0 bridgehead atoms. The first-order valence-corrected chi connectivity index (χ1v) is 8.23. The number of halogens is 5. The predicted octanol–water partition coefficient (Wildman–Crippen LogP) is 5.08. The molecule has 0 aliphatic carbocycles. The van der Waals surface area contributed by atoms with E-state index in [0.29, 0.717) is 11.8 Å². The van der Waals surface area contributed by atoms with Crippen molar-refractivity contribution in [2.45, 2.75) is 11.9 Å². The number of nitrogens with two attached hydrogens (primary N) is 1. The summed E-state index contributed by atoms with van der Waals surface area (Å²) >= 11 is 6.56. The van der Waals surface area contributed by atoms with Crippen molar-refractivity contribution in [3.63, 3.8) is 0 Å². The van der Waals surface area contributed by atoms with Crippen LogP contribution >= 0.6 is 23.4 Å². The maximum atomic E-state index is 13.5. The van der Waals surface area contributed by atoms with Crippen molar-refractivity contribution in [3.8, 4) is 0 Å². The van der Waals surface area contributed by atoms with Crippen LogP contribution in [0.1, 0.15) is 16.7 Å². The smallest absolute Gasteiger partial charge is 0.377 e. The highest BCUT2D eigenvalue weighted by Gasteiger charge is 2.34. The molecular weight excluding hydrogens is 378 g/mol. The van der Waals surface area contributed by atoms with Crippen LogP contribution in [-0.2, 0) is 11.9 Å². The predicted molar refractivity (Wildman–Crippen MR) is 93.4 cm³/mol. The zero-order valence-corrected chi connectivity index (χ0v) is 14.2. The van der Waals surface area contributed by atoms with Gasteiger partial charge in [0.15, 0.2) is 5.17 Å². The van der Waals surface area contributed by atoms with Crippen molar-refractivity contribution < 1.29 is 17.6 Å². The Kier molecular flexibility index (Phi) is 6.44. The molecule has 9 heteroatoms. The van der Waals surface area contributed by atoms with Gasteiger partial charge in [-0.2, -0.15) is 18.3 Å². The highest BCUT2D eigenvalue weighted by Crippen LogP contribution is 2.36. The number of nitrogens with zero attached hydrogens (tertiary/aromatic N) is 2. The molecule has 0 unspecified atom stereocenters. The van der Waals surface area contributed by atoms with Gasteiger partial charge in [0.2, 0.25) is 0 Å². The third-order valence-electron chi connectivity index (χ3n) is 2.95. The van der Waals surface area contributed by atoms with Crippen LogP contribution in [0.15, 0.2) is 52.7 Å². The van der Waals surface area contributed by atoms with Crippen LogP contribution in [0.5, 0.6) is 0 Å². The molecule has 0 radical (unpaired) electrons. The van der Waals surface area contributed by atoms with E-state index in [2.05, 4.69) is 10.2 Å². The molecule has 0 aliphatic heterocycles. The summed E-state index contributed by atoms with van der Waals surface area (Å²) < 4.78 is 51.8. The van der Waals surface area contributed by atoms with Crippen molar-refractivity contribution >= 4 is 34.7 Å². The summed E-state index contributed by atoms with van der Waals surface area (Å²) in [7, 11) is 0. The molecule has 0 aliphatic rings. The van der Waals surface area contributed by atoms with Crippen LogP contribution in [0.25, 0.3) is 0 Å². The van der Waals surface area contributed by atoms with Crippen LogP contribution < -0.4 is 5.73 Å². The highest BCUT2D eigenvalue weighted by atomic mass is 35.5. The molecule has 0 heterocycles. The Morgan fingerprint density at radius 1 is 1.20 bits per heavy atom. The molecule has 0 saturated heterocycles. The Labute approximate surface area is 150 Å². The normalized spacial score (nSPS) is 12.8. The molecule has 0 spiro atoms. The minimum atomic E-state index is -4.77. The van der Waals surface area contributed by atoms with Crippen LogP contribution in [0, 0.1) is 5.82 Å². The van der Waals surface area contributed by atoms with E-state index < -0.39 is 22.6 Å². The van der Waals surface area contributed by atoms with Crippen LogP contribution in [0.2, 0.25) is 5.02 Å². The Morgan fingerprint density at radius 2 is 1.88 bits per heavy atom. The third-order valence-corrected chi connectivity index (χ3v) is 4.19.